The van der Waals surface area contributed by atoms with Gasteiger partial charge in [0.25, 0.3) is 0 Å². The summed E-state index contributed by atoms with van der Waals surface area (Å²) in [5.74, 6) is -0.0407. The van der Waals surface area contributed by atoms with E-state index in [0.717, 1.165) is 35.8 Å². The van der Waals surface area contributed by atoms with Crippen LogP contribution in [0.15, 0.2) is 82.3 Å². The Morgan fingerprint density at radius 3 is 2.32 bits per heavy atom. The molecule has 1 amide bonds. The summed E-state index contributed by atoms with van der Waals surface area (Å²) in [6, 6.07) is 20.9. The molecule has 6 nitrogen and oxygen atoms in total. The molecule has 0 N–H and O–H groups in total. The van der Waals surface area contributed by atoms with Gasteiger partial charge in [-0.15, -0.1) is 0 Å². The predicted octanol–water partition coefficient (Wildman–Crippen LogP) is 6.31. The number of halogens is 1. The van der Waals surface area contributed by atoms with Crippen LogP contribution in [0.4, 0.5) is 0 Å². The number of nitrogens with zero attached hydrogens (tertiary/aromatic N) is 3. The first-order chi connectivity index (χ1) is 18.2. The number of benzene rings is 2. The third-order valence-corrected chi connectivity index (χ3v) is 9.47. The van der Waals surface area contributed by atoms with E-state index in [4.69, 9.17) is 0 Å². The second kappa shape index (κ2) is 13.1. The zero-order chi connectivity index (χ0) is 27.1. The summed E-state index contributed by atoms with van der Waals surface area (Å²) >= 11 is 3.50. The lowest BCUT2D eigenvalue weighted by Gasteiger charge is -2.36. The van der Waals surface area contributed by atoms with Crippen LogP contribution in [0, 0.1) is 5.92 Å². The Labute approximate surface area is 235 Å². The maximum absolute atomic E-state index is 14.0. The number of hydrogen-bond donors (Lipinski definition) is 0. The fraction of sp³-hybridized carbons (Fsp3) is 0.433. The molecule has 0 aliphatic heterocycles. The van der Waals surface area contributed by atoms with Gasteiger partial charge in [-0.25, -0.2) is 8.42 Å². The molecule has 1 saturated carbocycles. The highest BCUT2D eigenvalue weighted by Crippen LogP contribution is 2.26. The van der Waals surface area contributed by atoms with Gasteiger partial charge in [0.05, 0.1) is 18.0 Å². The van der Waals surface area contributed by atoms with Gasteiger partial charge in [-0.3, -0.25) is 4.79 Å². The summed E-state index contributed by atoms with van der Waals surface area (Å²) in [6.07, 6.45) is 7.31. The molecule has 1 heterocycles. The lowest BCUT2D eigenvalue weighted by molar-refractivity contribution is -0.135. The summed E-state index contributed by atoms with van der Waals surface area (Å²) in [5, 5.41) is 0. The quantitative estimate of drug-likeness (QED) is 0.259. The van der Waals surface area contributed by atoms with Crippen LogP contribution in [0.2, 0.25) is 0 Å². The smallest absolute Gasteiger partial charge is 0.243 e. The standard InChI is InChI=1S/C30H38BrN3O3S/c1-24(2)20-33(38(36,37)29-13-7-4-8-14-29)23-30(35)34(27-10-5-3-6-11-27)22-28-12-9-19-32(28)21-25-15-17-26(31)18-16-25/h4,7-9,12-19,24,27H,3,5-6,10-11,20-23H2,1-2H3. The average molecular weight is 601 g/mol. The van der Waals surface area contributed by atoms with E-state index in [1.807, 2.05) is 43.1 Å². The molecule has 2 aromatic carbocycles. The third-order valence-electron chi connectivity index (χ3n) is 7.12. The molecule has 0 atom stereocenters. The number of carbonyl (C=O) groups excluding carboxylic acids is 1. The van der Waals surface area contributed by atoms with Gasteiger partial charge in [-0.05, 0) is 60.7 Å². The number of sulfonamides is 1. The Hall–Kier alpha value is -2.42. The molecule has 4 rings (SSSR count). The summed E-state index contributed by atoms with van der Waals surface area (Å²) in [4.78, 5) is 16.1. The first-order valence-corrected chi connectivity index (χ1v) is 15.7. The minimum Gasteiger partial charge on any atom is -0.345 e. The fourth-order valence-electron chi connectivity index (χ4n) is 5.16. The van der Waals surface area contributed by atoms with Gasteiger partial charge in [0, 0.05) is 35.5 Å². The summed E-state index contributed by atoms with van der Waals surface area (Å²) < 4.78 is 31.7. The Morgan fingerprint density at radius 2 is 1.66 bits per heavy atom. The molecule has 0 saturated heterocycles. The highest BCUT2D eigenvalue weighted by Gasteiger charge is 2.32. The lowest BCUT2D eigenvalue weighted by atomic mass is 9.94. The Bertz CT molecular complexity index is 1280. The summed E-state index contributed by atoms with van der Waals surface area (Å²) in [7, 11) is -3.79. The van der Waals surface area contributed by atoms with Crippen LogP contribution in [0.25, 0.3) is 0 Å². The van der Waals surface area contributed by atoms with Gasteiger partial charge >= 0.3 is 0 Å². The molecule has 0 bridgehead atoms. The van der Waals surface area contributed by atoms with Crippen molar-refractivity contribution in [3.63, 3.8) is 0 Å². The predicted molar refractivity (Wildman–Crippen MR) is 155 cm³/mol. The molecule has 1 fully saturated rings. The van der Waals surface area contributed by atoms with Crippen molar-refractivity contribution in [2.45, 2.75) is 70.0 Å². The summed E-state index contributed by atoms with van der Waals surface area (Å²) in [6.45, 7) is 5.27. The molecule has 1 aliphatic carbocycles. The van der Waals surface area contributed by atoms with Gasteiger partial charge in [-0.1, -0.05) is 79.4 Å². The van der Waals surface area contributed by atoms with Crippen molar-refractivity contribution in [3.05, 3.63) is 88.7 Å². The van der Waals surface area contributed by atoms with E-state index < -0.39 is 10.0 Å². The van der Waals surface area contributed by atoms with Crippen LogP contribution < -0.4 is 0 Å². The molecule has 204 valence electrons. The zero-order valence-electron chi connectivity index (χ0n) is 22.3. The number of aromatic nitrogens is 1. The van der Waals surface area contributed by atoms with Gasteiger partial charge in [0.15, 0.2) is 0 Å². The van der Waals surface area contributed by atoms with E-state index >= 15 is 0 Å². The lowest BCUT2D eigenvalue weighted by Crippen LogP contribution is -2.48. The Kier molecular flexibility index (Phi) is 9.85. The van der Waals surface area contributed by atoms with E-state index in [1.54, 1.807) is 30.3 Å². The minimum absolute atomic E-state index is 0.0903. The molecule has 0 radical (unpaired) electrons. The van der Waals surface area contributed by atoms with Crippen molar-refractivity contribution in [2.75, 3.05) is 13.1 Å². The first-order valence-electron chi connectivity index (χ1n) is 13.5. The highest BCUT2D eigenvalue weighted by molar-refractivity contribution is 9.10. The SMILES string of the molecule is CC(C)CN(CC(=O)N(Cc1cccn1Cc1ccc(Br)cc1)C1CCCCC1)S(=O)(=O)c1ccccc1. The molecule has 0 unspecified atom stereocenters. The van der Waals surface area contributed by atoms with Crippen LogP contribution in [-0.4, -0.2) is 47.2 Å². The Balaban J connectivity index is 1.58. The van der Waals surface area contributed by atoms with Gasteiger partial charge in [0.1, 0.15) is 0 Å². The number of hydrogen-bond acceptors (Lipinski definition) is 3. The zero-order valence-corrected chi connectivity index (χ0v) is 24.7. The second-order valence-electron chi connectivity index (χ2n) is 10.6. The van der Waals surface area contributed by atoms with Crippen molar-refractivity contribution in [3.8, 4) is 0 Å². The monoisotopic (exact) mass is 599 g/mol. The van der Waals surface area contributed by atoms with Gasteiger partial charge in [0.2, 0.25) is 15.9 Å². The maximum atomic E-state index is 14.0. The van der Waals surface area contributed by atoms with E-state index in [2.05, 4.69) is 38.7 Å². The van der Waals surface area contributed by atoms with Gasteiger partial charge < -0.3 is 9.47 Å². The summed E-state index contributed by atoms with van der Waals surface area (Å²) in [5.41, 5.74) is 2.23. The molecular formula is C30H38BrN3O3S. The topological polar surface area (TPSA) is 62.6 Å². The largest absolute Gasteiger partial charge is 0.345 e. The Morgan fingerprint density at radius 1 is 0.974 bits per heavy atom. The van der Waals surface area contributed by atoms with Crippen molar-refractivity contribution in [2.24, 2.45) is 5.92 Å². The van der Waals surface area contributed by atoms with Crippen LogP contribution >= 0.6 is 15.9 Å². The number of rotatable bonds is 11. The minimum atomic E-state index is -3.79. The van der Waals surface area contributed by atoms with Crippen LogP contribution in [-0.2, 0) is 27.9 Å². The second-order valence-corrected chi connectivity index (χ2v) is 13.4. The molecule has 38 heavy (non-hydrogen) atoms. The first kappa shape index (κ1) is 28.6. The molecule has 0 spiro atoms. The van der Waals surface area contributed by atoms with E-state index in [-0.39, 0.29) is 29.3 Å². The molecule has 3 aromatic rings. The van der Waals surface area contributed by atoms with Crippen molar-refractivity contribution in [1.82, 2.24) is 13.8 Å². The van der Waals surface area contributed by atoms with E-state index in [1.165, 1.54) is 16.3 Å². The normalized spacial score (nSPS) is 14.8. The number of carbonyl (C=O) groups is 1. The van der Waals surface area contributed by atoms with Crippen molar-refractivity contribution in [1.29, 1.82) is 0 Å². The maximum Gasteiger partial charge on any atom is 0.243 e. The molecule has 8 heteroatoms. The molecular weight excluding hydrogens is 562 g/mol. The molecule has 1 aromatic heterocycles. The van der Waals surface area contributed by atoms with Crippen molar-refractivity contribution >= 4 is 31.9 Å². The highest BCUT2D eigenvalue weighted by atomic mass is 79.9. The third kappa shape index (κ3) is 7.36. The van der Waals surface area contributed by atoms with Gasteiger partial charge in [-0.2, -0.15) is 4.31 Å². The molecule has 1 aliphatic rings. The van der Waals surface area contributed by atoms with Crippen LogP contribution in [0.1, 0.15) is 57.2 Å². The van der Waals surface area contributed by atoms with Crippen molar-refractivity contribution < 1.29 is 13.2 Å². The fourth-order valence-corrected chi connectivity index (χ4v) is 7.00. The van der Waals surface area contributed by atoms with E-state index in [0.29, 0.717) is 19.6 Å². The number of amides is 1. The van der Waals surface area contributed by atoms with Crippen LogP contribution in [0.5, 0.6) is 0 Å². The van der Waals surface area contributed by atoms with E-state index in [9.17, 15) is 13.2 Å². The average Bonchev–Trinajstić information content (AvgIpc) is 3.35. The van der Waals surface area contributed by atoms with Crippen LogP contribution in [0.3, 0.4) is 0 Å².